The summed E-state index contributed by atoms with van der Waals surface area (Å²) in [6, 6.07) is 5.00. The second-order valence-electron chi connectivity index (χ2n) is 8.57. The number of thioether (sulfide) groups is 1. The molecule has 0 aliphatic heterocycles. The molecule has 4 nitrogen and oxygen atoms in total. The summed E-state index contributed by atoms with van der Waals surface area (Å²) in [4.78, 5) is 24.1. The summed E-state index contributed by atoms with van der Waals surface area (Å²) in [5.41, 5.74) is -0.726. The summed E-state index contributed by atoms with van der Waals surface area (Å²) in [7, 11) is 0. The number of nitrogens with zero attached hydrogens (tertiary/aromatic N) is 3. The predicted molar refractivity (Wildman–Crippen MR) is 122 cm³/mol. The Bertz CT molecular complexity index is 874. The highest BCUT2D eigenvalue weighted by molar-refractivity contribution is 7.99. The molecule has 2 aliphatic carbocycles. The quantitative estimate of drug-likeness (QED) is 0.334. The first-order chi connectivity index (χ1) is 15.4. The van der Waals surface area contributed by atoms with Crippen LogP contribution in [0.25, 0.3) is 10.6 Å². The minimum Gasteiger partial charge on any atom is -0.336 e. The lowest BCUT2D eigenvalue weighted by Gasteiger charge is -2.41. The fourth-order valence-electron chi connectivity index (χ4n) is 4.81. The molecule has 2 fully saturated rings. The van der Waals surface area contributed by atoms with Crippen LogP contribution in [0.2, 0.25) is 0 Å². The Balaban J connectivity index is 1.52. The van der Waals surface area contributed by atoms with Crippen LogP contribution in [0, 0.1) is 0 Å². The van der Waals surface area contributed by atoms with Gasteiger partial charge in [-0.05, 0) is 43.2 Å². The van der Waals surface area contributed by atoms with Crippen LogP contribution in [0.3, 0.4) is 0 Å². The number of thiophene rings is 1. The van der Waals surface area contributed by atoms with Gasteiger partial charge in [0, 0.05) is 12.1 Å². The van der Waals surface area contributed by atoms with E-state index in [1.807, 2.05) is 0 Å². The molecule has 0 saturated heterocycles. The van der Waals surface area contributed by atoms with Gasteiger partial charge in [-0.2, -0.15) is 13.2 Å². The Morgan fingerprint density at radius 3 is 2.19 bits per heavy atom. The van der Waals surface area contributed by atoms with Gasteiger partial charge in [0.1, 0.15) is 5.69 Å². The van der Waals surface area contributed by atoms with Gasteiger partial charge in [0.2, 0.25) is 5.91 Å². The largest absolute Gasteiger partial charge is 0.433 e. The maximum Gasteiger partial charge on any atom is 0.433 e. The number of carbonyl (C=O) groups is 1. The molecule has 0 radical (unpaired) electrons. The minimum absolute atomic E-state index is 0.00353. The maximum absolute atomic E-state index is 13.4. The fourth-order valence-corrected chi connectivity index (χ4v) is 6.22. The zero-order valence-corrected chi connectivity index (χ0v) is 19.6. The Hall–Kier alpha value is -1.61. The number of aromatic nitrogens is 2. The molecular formula is C23H28F3N3OS2. The molecule has 4 rings (SSSR count). The maximum atomic E-state index is 13.4. The van der Waals surface area contributed by atoms with Gasteiger partial charge in [0.15, 0.2) is 5.16 Å². The average Bonchev–Trinajstić information content (AvgIpc) is 3.34. The van der Waals surface area contributed by atoms with Crippen molar-refractivity contribution < 1.29 is 18.0 Å². The summed E-state index contributed by atoms with van der Waals surface area (Å²) >= 11 is 2.35. The highest BCUT2D eigenvalue weighted by atomic mass is 32.2. The molecule has 174 valence electrons. The van der Waals surface area contributed by atoms with E-state index in [4.69, 9.17) is 0 Å². The minimum atomic E-state index is -4.56. The molecule has 0 bridgehead atoms. The standard InChI is InChI=1S/C23H28F3N3OS2/c24-23(25,26)20-14-18(19-12-7-13-31-19)27-22(28-20)32-15-21(30)29(16-8-3-1-4-9-16)17-10-5-2-6-11-17/h7,12-14,16-17H,1-6,8-11,15H2. The van der Waals surface area contributed by atoms with Gasteiger partial charge in [-0.25, -0.2) is 9.97 Å². The molecule has 2 aromatic rings. The molecule has 0 aromatic carbocycles. The van der Waals surface area contributed by atoms with Gasteiger partial charge in [0.05, 0.1) is 16.3 Å². The van der Waals surface area contributed by atoms with Crippen molar-refractivity contribution in [2.24, 2.45) is 0 Å². The Morgan fingerprint density at radius 2 is 1.66 bits per heavy atom. The molecule has 0 atom stereocenters. The summed E-state index contributed by atoms with van der Waals surface area (Å²) in [6.07, 6.45) is 6.48. The summed E-state index contributed by atoms with van der Waals surface area (Å²) < 4.78 is 40.3. The van der Waals surface area contributed by atoms with E-state index in [0.29, 0.717) is 4.88 Å². The van der Waals surface area contributed by atoms with Crippen LogP contribution >= 0.6 is 23.1 Å². The van der Waals surface area contributed by atoms with Crippen LogP contribution in [-0.2, 0) is 11.0 Å². The fraction of sp³-hybridized carbons (Fsp3) is 0.609. The van der Waals surface area contributed by atoms with E-state index < -0.39 is 11.9 Å². The Morgan fingerprint density at radius 1 is 1.03 bits per heavy atom. The van der Waals surface area contributed by atoms with E-state index in [1.54, 1.807) is 17.5 Å². The molecule has 2 heterocycles. The lowest BCUT2D eigenvalue weighted by atomic mass is 9.88. The second-order valence-corrected chi connectivity index (χ2v) is 10.5. The molecule has 2 aromatic heterocycles. The van der Waals surface area contributed by atoms with Gasteiger partial charge >= 0.3 is 6.18 Å². The number of carbonyl (C=O) groups excluding carboxylic acids is 1. The Labute approximate surface area is 195 Å². The summed E-state index contributed by atoms with van der Waals surface area (Å²) in [5, 5.41) is 1.80. The topological polar surface area (TPSA) is 46.1 Å². The van der Waals surface area contributed by atoms with Crippen LogP contribution in [0.4, 0.5) is 13.2 Å². The summed E-state index contributed by atoms with van der Waals surface area (Å²) in [6.45, 7) is 0. The van der Waals surface area contributed by atoms with Gasteiger partial charge in [-0.3, -0.25) is 4.79 Å². The van der Waals surface area contributed by atoms with E-state index in [-0.39, 0.29) is 34.6 Å². The lowest BCUT2D eigenvalue weighted by Crippen LogP contribution is -2.49. The number of alkyl halides is 3. The average molecular weight is 484 g/mol. The van der Waals surface area contributed by atoms with E-state index in [0.717, 1.165) is 69.2 Å². The van der Waals surface area contributed by atoms with Crippen molar-refractivity contribution in [2.45, 2.75) is 87.6 Å². The zero-order chi connectivity index (χ0) is 22.6. The summed E-state index contributed by atoms with van der Waals surface area (Å²) in [5.74, 6) is 0.0746. The van der Waals surface area contributed by atoms with Gasteiger partial charge in [-0.15, -0.1) is 11.3 Å². The van der Waals surface area contributed by atoms with Gasteiger partial charge < -0.3 is 4.90 Å². The first-order valence-electron chi connectivity index (χ1n) is 11.4. The molecule has 32 heavy (non-hydrogen) atoms. The van der Waals surface area contributed by atoms with Crippen LogP contribution in [-0.4, -0.2) is 38.6 Å². The van der Waals surface area contributed by atoms with Crippen LogP contribution < -0.4 is 0 Å². The molecule has 0 unspecified atom stereocenters. The third-order valence-corrected chi connectivity index (χ3v) is 8.04. The van der Waals surface area contributed by atoms with Crippen molar-refractivity contribution in [1.82, 2.24) is 14.9 Å². The van der Waals surface area contributed by atoms with Crippen molar-refractivity contribution in [1.29, 1.82) is 0 Å². The Kier molecular flexibility index (Phi) is 7.76. The first kappa shape index (κ1) is 23.5. The molecule has 1 amide bonds. The molecule has 0 N–H and O–H groups in total. The predicted octanol–water partition coefficient (Wildman–Crippen LogP) is 6.81. The van der Waals surface area contributed by atoms with E-state index in [2.05, 4.69) is 14.9 Å². The number of amides is 1. The molecule has 2 saturated carbocycles. The van der Waals surface area contributed by atoms with Crippen molar-refractivity contribution >= 4 is 29.0 Å². The third kappa shape index (κ3) is 5.84. The van der Waals surface area contributed by atoms with Crippen molar-refractivity contribution in [3.63, 3.8) is 0 Å². The normalized spacial score (nSPS) is 18.6. The van der Waals surface area contributed by atoms with Crippen molar-refractivity contribution in [2.75, 3.05) is 5.75 Å². The van der Waals surface area contributed by atoms with Gasteiger partial charge in [0.25, 0.3) is 0 Å². The zero-order valence-electron chi connectivity index (χ0n) is 17.9. The molecule has 0 spiro atoms. The molecule has 2 aliphatic rings. The SMILES string of the molecule is O=C(CSc1nc(-c2cccs2)cc(C(F)(F)F)n1)N(C1CCCCC1)C1CCCCC1. The van der Waals surface area contributed by atoms with Crippen LogP contribution in [0.15, 0.2) is 28.7 Å². The highest BCUT2D eigenvalue weighted by Crippen LogP contribution is 2.34. The number of halogens is 3. The number of hydrogen-bond acceptors (Lipinski definition) is 5. The van der Waals surface area contributed by atoms with E-state index in [1.165, 1.54) is 24.2 Å². The third-order valence-electron chi connectivity index (χ3n) is 6.32. The van der Waals surface area contributed by atoms with Crippen molar-refractivity contribution in [3.8, 4) is 10.6 Å². The van der Waals surface area contributed by atoms with E-state index in [9.17, 15) is 18.0 Å². The molecular weight excluding hydrogens is 455 g/mol. The number of rotatable bonds is 6. The van der Waals surface area contributed by atoms with Crippen LogP contribution in [0.1, 0.15) is 69.9 Å². The van der Waals surface area contributed by atoms with Gasteiger partial charge in [-0.1, -0.05) is 56.4 Å². The highest BCUT2D eigenvalue weighted by Gasteiger charge is 2.35. The smallest absolute Gasteiger partial charge is 0.336 e. The second kappa shape index (κ2) is 10.5. The van der Waals surface area contributed by atoms with Crippen molar-refractivity contribution in [3.05, 3.63) is 29.3 Å². The first-order valence-corrected chi connectivity index (χ1v) is 13.2. The number of hydrogen-bond donors (Lipinski definition) is 0. The monoisotopic (exact) mass is 483 g/mol. The lowest BCUT2D eigenvalue weighted by molar-refractivity contribution is -0.141. The molecule has 9 heteroatoms. The van der Waals surface area contributed by atoms with Crippen LogP contribution in [0.5, 0.6) is 0 Å². The van der Waals surface area contributed by atoms with E-state index >= 15 is 0 Å².